The Balaban J connectivity index is 3.60. The van der Waals surface area contributed by atoms with Gasteiger partial charge in [-0.3, -0.25) is 9.59 Å². The second-order valence-corrected chi connectivity index (χ2v) is 4.85. The summed E-state index contributed by atoms with van der Waals surface area (Å²) in [5, 5.41) is 8.46. The molecule has 0 aliphatic carbocycles. The molecule has 0 aromatic heterocycles. The van der Waals surface area contributed by atoms with Gasteiger partial charge in [0.05, 0.1) is 38.4 Å². The molecule has 0 radical (unpaired) electrons. The Morgan fingerprint density at radius 3 is 2.05 bits per heavy atom. The van der Waals surface area contributed by atoms with Crippen molar-refractivity contribution in [3.63, 3.8) is 0 Å². The summed E-state index contributed by atoms with van der Waals surface area (Å²) in [7, 11) is 0. The molecule has 0 rings (SSSR count). The zero-order chi connectivity index (χ0) is 14.7. The third kappa shape index (κ3) is 9.58. The van der Waals surface area contributed by atoms with Gasteiger partial charge in [-0.25, -0.2) is 0 Å². The molecule has 0 heterocycles. The number of ether oxygens (including phenoxy) is 3. The van der Waals surface area contributed by atoms with Gasteiger partial charge in [0.2, 0.25) is 0 Å². The number of esters is 1. The lowest BCUT2D eigenvalue weighted by Crippen LogP contribution is -2.29. The SMILES string of the molecule is CC(=O)CC(C)(C)C(=O)OCCOCCOCCO. The molecule has 0 unspecified atom stereocenters. The van der Waals surface area contributed by atoms with Gasteiger partial charge in [-0.2, -0.15) is 0 Å². The topological polar surface area (TPSA) is 82.1 Å². The number of hydrogen-bond donors (Lipinski definition) is 1. The normalized spacial score (nSPS) is 11.4. The summed E-state index contributed by atoms with van der Waals surface area (Å²) in [5.41, 5.74) is -0.796. The van der Waals surface area contributed by atoms with Crippen LogP contribution in [0.15, 0.2) is 0 Å². The molecule has 0 amide bonds. The quantitative estimate of drug-likeness (QED) is 0.438. The average molecular weight is 276 g/mol. The van der Waals surface area contributed by atoms with Crippen molar-refractivity contribution in [1.82, 2.24) is 0 Å². The number of ketones is 1. The monoisotopic (exact) mass is 276 g/mol. The van der Waals surface area contributed by atoms with E-state index >= 15 is 0 Å². The molecule has 0 atom stereocenters. The van der Waals surface area contributed by atoms with Crippen LogP contribution in [0.25, 0.3) is 0 Å². The summed E-state index contributed by atoms with van der Waals surface area (Å²) in [6, 6.07) is 0. The molecule has 0 aliphatic heterocycles. The van der Waals surface area contributed by atoms with E-state index in [1.807, 2.05) is 0 Å². The van der Waals surface area contributed by atoms with E-state index in [1.54, 1.807) is 13.8 Å². The summed E-state index contributed by atoms with van der Waals surface area (Å²) >= 11 is 0. The van der Waals surface area contributed by atoms with Crippen molar-refractivity contribution in [2.75, 3.05) is 39.6 Å². The lowest BCUT2D eigenvalue weighted by molar-refractivity contribution is -0.157. The molecule has 0 bridgehead atoms. The van der Waals surface area contributed by atoms with Crippen LogP contribution in [0.5, 0.6) is 0 Å². The molecule has 0 aromatic rings. The Kier molecular flexibility index (Phi) is 9.38. The number of Topliss-reactive ketones (excluding diaryl/α,β-unsaturated/α-hetero) is 1. The third-order valence-corrected chi connectivity index (χ3v) is 2.31. The number of aliphatic hydroxyl groups excluding tert-OH is 1. The molecule has 6 nitrogen and oxygen atoms in total. The lowest BCUT2D eigenvalue weighted by Gasteiger charge is -2.20. The molecule has 0 fully saturated rings. The first kappa shape index (κ1) is 18.0. The second-order valence-electron chi connectivity index (χ2n) is 4.85. The van der Waals surface area contributed by atoms with Crippen LogP contribution in [0.3, 0.4) is 0 Å². The molecule has 1 N–H and O–H groups in total. The smallest absolute Gasteiger partial charge is 0.312 e. The molecule has 0 spiro atoms. The zero-order valence-corrected chi connectivity index (χ0v) is 11.9. The van der Waals surface area contributed by atoms with Gasteiger partial charge in [0.15, 0.2) is 0 Å². The number of aliphatic hydroxyl groups is 1. The Hall–Kier alpha value is -0.980. The minimum Gasteiger partial charge on any atom is -0.463 e. The molecule has 6 heteroatoms. The number of carbonyl (C=O) groups excluding carboxylic acids is 2. The summed E-state index contributed by atoms with van der Waals surface area (Å²) in [5.74, 6) is -0.443. The van der Waals surface area contributed by atoms with E-state index in [-0.39, 0.29) is 38.6 Å². The number of hydrogen-bond acceptors (Lipinski definition) is 6. The molecule has 0 saturated heterocycles. The minimum atomic E-state index is -0.796. The van der Waals surface area contributed by atoms with E-state index in [0.717, 1.165) is 0 Å². The van der Waals surface area contributed by atoms with E-state index in [4.69, 9.17) is 19.3 Å². The first-order chi connectivity index (χ1) is 8.90. The van der Waals surface area contributed by atoms with Crippen LogP contribution in [-0.2, 0) is 23.8 Å². The van der Waals surface area contributed by atoms with Crippen LogP contribution < -0.4 is 0 Å². The predicted molar refractivity (Wildman–Crippen MR) is 68.8 cm³/mol. The molecule has 0 saturated carbocycles. The first-order valence-corrected chi connectivity index (χ1v) is 6.33. The van der Waals surface area contributed by atoms with Crippen LogP contribution in [-0.4, -0.2) is 56.5 Å². The van der Waals surface area contributed by atoms with Gasteiger partial charge >= 0.3 is 5.97 Å². The van der Waals surface area contributed by atoms with E-state index in [1.165, 1.54) is 6.92 Å². The fourth-order valence-corrected chi connectivity index (χ4v) is 1.47. The maximum absolute atomic E-state index is 11.7. The first-order valence-electron chi connectivity index (χ1n) is 6.33. The summed E-state index contributed by atoms with van der Waals surface area (Å²) in [6.45, 7) is 6.30. The summed E-state index contributed by atoms with van der Waals surface area (Å²) in [4.78, 5) is 22.7. The van der Waals surface area contributed by atoms with E-state index in [0.29, 0.717) is 13.2 Å². The Bertz CT molecular complexity index is 274. The maximum Gasteiger partial charge on any atom is 0.312 e. The molecule has 19 heavy (non-hydrogen) atoms. The fourth-order valence-electron chi connectivity index (χ4n) is 1.47. The van der Waals surface area contributed by atoms with Crippen LogP contribution in [0.1, 0.15) is 27.2 Å². The molecule has 0 aromatic carbocycles. The predicted octanol–water partition coefficient (Wildman–Crippen LogP) is 0.560. The van der Waals surface area contributed by atoms with Gasteiger partial charge in [0.1, 0.15) is 12.4 Å². The van der Waals surface area contributed by atoms with Crippen molar-refractivity contribution in [1.29, 1.82) is 0 Å². The van der Waals surface area contributed by atoms with Crippen LogP contribution in [0.4, 0.5) is 0 Å². The standard InChI is InChI=1S/C13H24O6/c1-11(15)10-13(2,3)12(16)19-9-8-18-7-6-17-5-4-14/h14H,4-10H2,1-3H3. The van der Waals surface area contributed by atoms with Gasteiger partial charge in [0, 0.05) is 6.42 Å². The number of rotatable bonds is 11. The summed E-state index contributed by atoms with van der Waals surface area (Å²) in [6.07, 6.45) is 0.168. The van der Waals surface area contributed by atoms with Gasteiger partial charge in [-0.1, -0.05) is 0 Å². The summed E-state index contributed by atoms with van der Waals surface area (Å²) < 4.78 is 15.2. The number of carbonyl (C=O) groups is 2. The Labute approximate surface area is 114 Å². The van der Waals surface area contributed by atoms with Crippen molar-refractivity contribution in [3.8, 4) is 0 Å². The van der Waals surface area contributed by atoms with Gasteiger partial charge in [0.25, 0.3) is 0 Å². The van der Waals surface area contributed by atoms with Crippen LogP contribution in [0.2, 0.25) is 0 Å². The lowest BCUT2D eigenvalue weighted by atomic mass is 9.88. The van der Waals surface area contributed by atoms with E-state index < -0.39 is 11.4 Å². The van der Waals surface area contributed by atoms with E-state index in [9.17, 15) is 9.59 Å². The van der Waals surface area contributed by atoms with Gasteiger partial charge in [-0.15, -0.1) is 0 Å². The minimum absolute atomic E-state index is 0.0111. The van der Waals surface area contributed by atoms with Crippen molar-refractivity contribution in [2.24, 2.45) is 5.41 Å². The van der Waals surface area contributed by atoms with Crippen molar-refractivity contribution < 1.29 is 28.9 Å². The fraction of sp³-hybridized carbons (Fsp3) is 0.846. The highest BCUT2D eigenvalue weighted by Gasteiger charge is 2.30. The average Bonchev–Trinajstić information content (AvgIpc) is 2.30. The zero-order valence-electron chi connectivity index (χ0n) is 11.9. The van der Waals surface area contributed by atoms with Crippen molar-refractivity contribution in [3.05, 3.63) is 0 Å². The maximum atomic E-state index is 11.7. The van der Waals surface area contributed by atoms with Crippen molar-refractivity contribution in [2.45, 2.75) is 27.2 Å². The van der Waals surface area contributed by atoms with Crippen LogP contribution in [0, 0.1) is 5.41 Å². The third-order valence-electron chi connectivity index (χ3n) is 2.31. The second kappa shape index (κ2) is 9.89. The molecular weight excluding hydrogens is 252 g/mol. The van der Waals surface area contributed by atoms with Crippen LogP contribution >= 0.6 is 0 Å². The van der Waals surface area contributed by atoms with E-state index in [2.05, 4.69) is 0 Å². The van der Waals surface area contributed by atoms with Gasteiger partial charge < -0.3 is 19.3 Å². The Morgan fingerprint density at radius 2 is 1.53 bits per heavy atom. The highest BCUT2D eigenvalue weighted by molar-refractivity contribution is 5.85. The van der Waals surface area contributed by atoms with Gasteiger partial charge in [-0.05, 0) is 20.8 Å². The van der Waals surface area contributed by atoms with Crippen molar-refractivity contribution >= 4 is 11.8 Å². The highest BCUT2D eigenvalue weighted by Crippen LogP contribution is 2.22. The molecule has 0 aliphatic rings. The highest BCUT2D eigenvalue weighted by atomic mass is 16.6. The Morgan fingerprint density at radius 1 is 1.00 bits per heavy atom. The largest absolute Gasteiger partial charge is 0.463 e. The molecule has 112 valence electrons. The molecular formula is C13H24O6.